The maximum absolute atomic E-state index is 12.6. The second kappa shape index (κ2) is 8.41. The predicted molar refractivity (Wildman–Crippen MR) is 86.5 cm³/mol. The predicted octanol–water partition coefficient (Wildman–Crippen LogP) is 3.67. The van der Waals surface area contributed by atoms with Gasteiger partial charge in [-0.3, -0.25) is 4.79 Å². The summed E-state index contributed by atoms with van der Waals surface area (Å²) in [5.41, 5.74) is -0.824. The molecule has 1 atom stereocenters. The molecule has 2 rings (SSSR count). The molecule has 2 aromatic carbocycles. The van der Waals surface area contributed by atoms with E-state index in [9.17, 15) is 18.0 Å². The van der Waals surface area contributed by atoms with Crippen LogP contribution in [0, 0.1) is 0 Å². The van der Waals surface area contributed by atoms with Crippen LogP contribution >= 0.6 is 0 Å². The van der Waals surface area contributed by atoms with E-state index in [-0.39, 0.29) is 25.0 Å². The Morgan fingerprint density at radius 1 is 1.04 bits per heavy atom. The third kappa shape index (κ3) is 6.37. The molecule has 0 saturated carbocycles. The zero-order chi connectivity index (χ0) is 18.3. The lowest BCUT2D eigenvalue weighted by Gasteiger charge is -2.15. The first-order valence-corrected chi connectivity index (χ1v) is 7.62. The molecule has 0 bridgehead atoms. The fraction of sp³-hybridized carbons (Fsp3) is 0.278. The minimum Gasteiger partial charge on any atom is -0.491 e. The highest BCUT2D eigenvalue weighted by atomic mass is 19.4. The molecule has 0 aliphatic rings. The normalized spacial score (nSPS) is 12.3. The Kier molecular flexibility index (Phi) is 6.27. The summed E-state index contributed by atoms with van der Waals surface area (Å²) in [6, 6.07) is 13.2. The number of halogens is 3. The summed E-state index contributed by atoms with van der Waals surface area (Å²) >= 11 is 0. The first-order chi connectivity index (χ1) is 11.8. The number of amides is 1. The molecule has 2 aromatic rings. The van der Waals surface area contributed by atoms with E-state index in [0.717, 1.165) is 12.1 Å². The third-order valence-corrected chi connectivity index (χ3v) is 3.18. The highest BCUT2D eigenvalue weighted by Gasteiger charge is 2.30. The van der Waals surface area contributed by atoms with E-state index >= 15 is 0 Å². The maximum atomic E-state index is 12.6. The summed E-state index contributed by atoms with van der Waals surface area (Å²) in [4.78, 5) is 11.8. The van der Waals surface area contributed by atoms with Crippen molar-refractivity contribution in [3.05, 3.63) is 60.2 Å². The van der Waals surface area contributed by atoms with Gasteiger partial charge in [0.25, 0.3) is 5.91 Å². The van der Waals surface area contributed by atoms with E-state index in [1.54, 1.807) is 19.1 Å². The van der Waals surface area contributed by atoms with Crippen LogP contribution in [0.15, 0.2) is 54.6 Å². The second-order valence-electron chi connectivity index (χ2n) is 5.41. The van der Waals surface area contributed by atoms with E-state index < -0.39 is 17.6 Å². The highest BCUT2D eigenvalue weighted by molar-refractivity contribution is 5.77. The van der Waals surface area contributed by atoms with Gasteiger partial charge in [0, 0.05) is 0 Å². The molecular formula is C18H18F3NO3. The number of para-hydroxylation sites is 1. The topological polar surface area (TPSA) is 47.6 Å². The molecule has 7 heteroatoms. The van der Waals surface area contributed by atoms with Crippen LogP contribution in [0.3, 0.4) is 0 Å². The van der Waals surface area contributed by atoms with Crippen LogP contribution < -0.4 is 14.8 Å². The van der Waals surface area contributed by atoms with Crippen molar-refractivity contribution in [3.63, 3.8) is 0 Å². The number of ether oxygens (including phenoxy) is 2. The highest BCUT2D eigenvalue weighted by Crippen LogP contribution is 2.31. The summed E-state index contributed by atoms with van der Waals surface area (Å²) in [7, 11) is 0. The molecule has 0 heterocycles. The van der Waals surface area contributed by atoms with Crippen LogP contribution in [-0.4, -0.2) is 25.2 Å². The standard InChI is InChI=1S/C18H18F3NO3/c1-13(11-24-15-7-3-2-4-8-15)22-17(23)12-25-16-9-5-6-14(10-16)18(19,20)21/h2-10,13H,11-12H2,1H3,(H,22,23)/t13-/m1/s1. The molecule has 0 aliphatic heterocycles. The first kappa shape index (κ1) is 18.6. The van der Waals surface area contributed by atoms with Gasteiger partial charge in [0.05, 0.1) is 11.6 Å². The molecule has 25 heavy (non-hydrogen) atoms. The first-order valence-electron chi connectivity index (χ1n) is 7.62. The fourth-order valence-electron chi connectivity index (χ4n) is 2.01. The Balaban J connectivity index is 1.76. The largest absolute Gasteiger partial charge is 0.491 e. The second-order valence-corrected chi connectivity index (χ2v) is 5.41. The fourth-order valence-corrected chi connectivity index (χ4v) is 2.01. The SMILES string of the molecule is C[C@H](COc1ccccc1)NC(=O)COc1cccc(C(F)(F)F)c1. The molecule has 0 aliphatic carbocycles. The molecule has 4 nitrogen and oxygen atoms in total. The smallest absolute Gasteiger partial charge is 0.416 e. The summed E-state index contributed by atoms with van der Waals surface area (Å²) in [5.74, 6) is 0.226. The average molecular weight is 353 g/mol. The van der Waals surface area contributed by atoms with Crippen LogP contribution in [0.1, 0.15) is 12.5 Å². The Morgan fingerprint density at radius 2 is 1.72 bits per heavy atom. The van der Waals surface area contributed by atoms with Crippen molar-refractivity contribution in [2.24, 2.45) is 0 Å². The molecule has 0 unspecified atom stereocenters. The Hall–Kier alpha value is -2.70. The summed E-state index contributed by atoms with van der Waals surface area (Å²) < 4.78 is 48.5. The Bertz CT molecular complexity index is 689. The van der Waals surface area contributed by atoms with Gasteiger partial charge in [0.15, 0.2) is 6.61 Å². The minimum atomic E-state index is -4.45. The minimum absolute atomic E-state index is 0.0156. The lowest BCUT2D eigenvalue weighted by molar-refractivity contribution is -0.137. The Labute approximate surface area is 143 Å². The Morgan fingerprint density at radius 3 is 2.40 bits per heavy atom. The van der Waals surface area contributed by atoms with Crippen molar-refractivity contribution in [3.8, 4) is 11.5 Å². The van der Waals surface area contributed by atoms with E-state index in [2.05, 4.69) is 5.32 Å². The molecule has 1 amide bonds. The van der Waals surface area contributed by atoms with Crippen LogP contribution in [0.25, 0.3) is 0 Å². The zero-order valence-electron chi connectivity index (χ0n) is 13.5. The average Bonchev–Trinajstić information content (AvgIpc) is 2.59. The van der Waals surface area contributed by atoms with E-state index in [1.807, 2.05) is 18.2 Å². The molecule has 0 fully saturated rings. The van der Waals surface area contributed by atoms with Crippen LogP contribution in [0.5, 0.6) is 11.5 Å². The van der Waals surface area contributed by atoms with Crippen molar-refractivity contribution < 1.29 is 27.4 Å². The molecule has 1 N–H and O–H groups in total. The molecule has 0 spiro atoms. The van der Waals surface area contributed by atoms with Gasteiger partial charge >= 0.3 is 6.18 Å². The van der Waals surface area contributed by atoms with Gasteiger partial charge in [-0.15, -0.1) is 0 Å². The summed E-state index contributed by atoms with van der Waals surface area (Å²) in [6.45, 7) is 1.64. The molecule has 0 saturated heterocycles. The monoisotopic (exact) mass is 353 g/mol. The number of carbonyl (C=O) groups excluding carboxylic acids is 1. The molecule has 134 valence electrons. The zero-order valence-corrected chi connectivity index (χ0v) is 13.5. The molecule has 0 radical (unpaired) electrons. The van der Waals surface area contributed by atoms with Crippen LogP contribution in [-0.2, 0) is 11.0 Å². The van der Waals surface area contributed by atoms with E-state index in [1.165, 1.54) is 12.1 Å². The molecule has 0 aromatic heterocycles. The molecular weight excluding hydrogens is 335 g/mol. The summed E-state index contributed by atoms with van der Waals surface area (Å²) in [5, 5.41) is 2.65. The number of hydrogen-bond donors (Lipinski definition) is 1. The van der Waals surface area contributed by atoms with Crippen molar-refractivity contribution in [2.75, 3.05) is 13.2 Å². The van der Waals surface area contributed by atoms with Crippen molar-refractivity contribution in [2.45, 2.75) is 19.1 Å². The van der Waals surface area contributed by atoms with Crippen LogP contribution in [0.4, 0.5) is 13.2 Å². The lowest BCUT2D eigenvalue weighted by atomic mass is 10.2. The number of alkyl halides is 3. The number of carbonyl (C=O) groups is 1. The van der Waals surface area contributed by atoms with Gasteiger partial charge in [0.1, 0.15) is 18.1 Å². The van der Waals surface area contributed by atoms with Gasteiger partial charge < -0.3 is 14.8 Å². The number of benzene rings is 2. The van der Waals surface area contributed by atoms with Gasteiger partial charge in [0.2, 0.25) is 0 Å². The third-order valence-electron chi connectivity index (χ3n) is 3.18. The van der Waals surface area contributed by atoms with E-state index in [4.69, 9.17) is 9.47 Å². The van der Waals surface area contributed by atoms with Gasteiger partial charge in [-0.25, -0.2) is 0 Å². The van der Waals surface area contributed by atoms with Gasteiger partial charge in [-0.1, -0.05) is 24.3 Å². The number of hydrogen-bond acceptors (Lipinski definition) is 3. The maximum Gasteiger partial charge on any atom is 0.416 e. The van der Waals surface area contributed by atoms with E-state index in [0.29, 0.717) is 5.75 Å². The number of nitrogens with one attached hydrogen (secondary N) is 1. The van der Waals surface area contributed by atoms with Gasteiger partial charge in [-0.05, 0) is 37.3 Å². The van der Waals surface area contributed by atoms with Crippen LogP contribution in [0.2, 0.25) is 0 Å². The van der Waals surface area contributed by atoms with Crippen molar-refractivity contribution in [1.82, 2.24) is 5.32 Å². The van der Waals surface area contributed by atoms with Crippen molar-refractivity contribution in [1.29, 1.82) is 0 Å². The quantitative estimate of drug-likeness (QED) is 0.826. The number of rotatable bonds is 7. The summed E-state index contributed by atoms with van der Waals surface area (Å²) in [6.07, 6.45) is -4.45. The van der Waals surface area contributed by atoms with Crippen molar-refractivity contribution >= 4 is 5.91 Å². The lowest BCUT2D eigenvalue weighted by Crippen LogP contribution is -2.39. The van der Waals surface area contributed by atoms with Gasteiger partial charge in [-0.2, -0.15) is 13.2 Å².